The number of anilines is 2. The monoisotopic (exact) mass is 415 g/mol. The van der Waals surface area contributed by atoms with E-state index >= 15 is 0 Å². The van der Waals surface area contributed by atoms with Crippen LogP contribution in [0.25, 0.3) is 0 Å². The summed E-state index contributed by atoms with van der Waals surface area (Å²) in [4.78, 5) is 26.8. The van der Waals surface area contributed by atoms with Crippen LogP contribution in [0.5, 0.6) is 5.75 Å². The average Bonchev–Trinajstić information content (AvgIpc) is 2.75. The van der Waals surface area contributed by atoms with Gasteiger partial charge in [0, 0.05) is 35.4 Å². The number of hydrogen-bond acceptors (Lipinski definition) is 3. The van der Waals surface area contributed by atoms with Crippen molar-refractivity contribution in [1.29, 1.82) is 0 Å². The first kappa shape index (κ1) is 21.0. The molecule has 0 saturated carbocycles. The van der Waals surface area contributed by atoms with E-state index in [0.717, 1.165) is 24.3 Å². The summed E-state index contributed by atoms with van der Waals surface area (Å²) in [5, 5.41) is 6.48. The molecule has 3 amide bonds. The number of likely N-dealkylation sites (tertiary alicyclic amines) is 1. The van der Waals surface area contributed by atoms with Crippen LogP contribution >= 0.6 is 11.6 Å². The van der Waals surface area contributed by atoms with Crippen molar-refractivity contribution in [3.05, 3.63) is 53.6 Å². The Morgan fingerprint density at radius 2 is 1.55 bits per heavy atom. The van der Waals surface area contributed by atoms with Gasteiger partial charge in [0.15, 0.2) is 0 Å². The molecule has 0 bridgehead atoms. The summed E-state index contributed by atoms with van der Waals surface area (Å²) < 4.78 is 5.13. The van der Waals surface area contributed by atoms with E-state index in [0.29, 0.717) is 23.8 Å². The molecule has 2 aromatic rings. The zero-order valence-corrected chi connectivity index (χ0v) is 17.4. The fourth-order valence-corrected chi connectivity index (χ4v) is 3.61. The lowest BCUT2D eigenvalue weighted by Crippen LogP contribution is -2.43. The minimum Gasteiger partial charge on any atom is -0.497 e. The molecule has 6 nitrogen and oxygen atoms in total. The Bertz CT molecular complexity index is 831. The summed E-state index contributed by atoms with van der Waals surface area (Å²) >= 11 is 5.87. The predicted octanol–water partition coefficient (Wildman–Crippen LogP) is 4.87. The summed E-state index contributed by atoms with van der Waals surface area (Å²) in [6, 6.07) is 14.2. The van der Waals surface area contributed by atoms with Gasteiger partial charge in [-0.2, -0.15) is 0 Å². The fourth-order valence-electron chi connectivity index (χ4n) is 3.48. The number of carbonyl (C=O) groups excluding carboxylic acids is 2. The second-order valence-corrected chi connectivity index (χ2v) is 7.70. The van der Waals surface area contributed by atoms with Crippen LogP contribution in [0.4, 0.5) is 16.2 Å². The second-order valence-electron chi connectivity index (χ2n) is 7.27. The molecule has 1 heterocycles. The first-order valence-electron chi connectivity index (χ1n) is 9.72. The molecule has 2 N–H and O–H groups in total. The molecule has 1 saturated heterocycles. The summed E-state index contributed by atoms with van der Waals surface area (Å²) in [5.41, 5.74) is 1.47. The van der Waals surface area contributed by atoms with Crippen molar-refractivity contribution < 1.29 is 14.3 Å². The van der Waals surface area contributed by atoms with Crippen LogP contribution in [0, 0.1) is 11.8 Å². The third-order valence-corrected chi connectivity index (χ3v) is 5.65. The largest absolute Gasteiger partial charge is 0.497 e. The number of methoxy groups -OCH3 is 1. The van der Waals surface area contributed by atoms with Crippen molar-refractivity contribution in [2.45, 2.75) is 19.8 Å². The maximum absolute atomic E-state index is 12.6. The lowest BCUT2D eigenvalue weighted by molar-refractivity contribution is -0.121. The highest BCUT2D eigenvalue weighted by atomic mass is 35.5. The highest BCUT2D eigenvalue weighted by molar-refractivity contribution is 6.30. The third-order valence-electron chi connectivity index (χ3n) is 5.40. The number of amides is 3. The number of rotatable bonds is 5. The molecule has 3 rings (SSSR count). The van der Waals surface area contributed by atoms with E-state index < -0.39 is 0 Å². The molecule has 0 spiro atoms. The SMILES string of the molecule is COc1ccc(NC(=O)[C@H](C)C2CCN(C(=O)Nc3ccc(Cl)cc3)CC2)cc1. The fraction of sp³-hybridized carbons (Fsp3) is 0.364. The van der Waals surface area contributed by atoms with E-state index in [1.54, 1.807) is 36.3 Å². The normalized spacial score (nSPS) is 15.5. The molecule has 0 unspecified atom stereocenters. The van der Waals surface area contributed by atoms with Gasteiger partial charge < -0.3 is 20.3 Å². The van der Waals surface area contributed by atoms with Gasteiger partial charge in [-0.05, 0) is 67.3 Å². The van der Waals surface area contributed by atoms with Crippen LogP contribution in [0.1, 0.15) is 19.8 Å². The van der Waals surface area contributed by atoms with Gasteiger partial charge in [-0.25, -0.2) is 4.79 Å². The molecular formula is C22H26ClN3O3. The lowest BCUT2D eigenvalue weighted by atomic mass is 9.85. The zero-order chi connectivity index (χ0) is 20.8. The van der Waals surface area contributed by atoms with E-state index in [-0.39, 0.29) is 23.8 Å². The van der Waals surface area contributed by atoms with E-state index in [4.69, 9.17) is 16.3 Å². The van der Waals surface area contributed by atoms with Crippen LogP contribution in [0.15, 0.2) is 48.5 Å². The molecule has 1 aliphatic rings. The number of hydrogen-bond donors (Lipinski definition) is 2. The summed E-state index contributed by atoms with van der Waals surface area (Å²) in [6.45, 7) is 3.21. The average molecular weight is 416 g/mol. The highest BCUT2D eigenvalue weighted by Crippen LogP contribution is 2.27. The molecule has 2 aromatic carbocycles. The van der Waals surface area contributed by atoms with E-state index in [1.165, 1.54) is 0 Å². The van der Waals surface area contributed by atoms with Crippen LogP contribution in [0.3, 0.4) is 0 Å². The van der Waals surface area contributed by atoms with Crippen LogP contribution < -0.4 is 15.4 Å². The molecule has 0 aromatic heterocycles. The first-order chi connectivity index (χ1) is 14.0. The summed E-state index contributed by atoms with van der Waals surface area (Å²) in [5.74, 6) is 0.867. The number of nitrogens with zero attached hydrogens (tertiary/aromatic N) is 1. The number of urea groups is 1. The topological polar surface area (TPSA) is 70.7 Å². The smallest absolute Gasteiger partial charge is 0.321 e. The minimum atomic E-state index is -0.126. The van der Waals surface area contributed by atoms with E-state index in [1.807, 2.05) is 31.2 Å². The Morgan fingerprint density at radius 3 is 2.14 bits per heavy atom. The van der Waals surface area contributed by atoms with E-state index in [9.17, 15) is 9.59 Å². The van der Waals surface area contributed by atoms with Crippen LogP contribution in [-0.4, -0.2) is 37.0 Å². The summed E-state index contributed by atoms with van der Waals surface area (Å²) in [6.07, 6.45) is 1.59. The Labute approximate surface area is 176 Å². The molecular weight excluding hydrogens is 390 g/mol. The van der Waals surface area contributed by atoms with Gasteiger partial charge in [-0.15, -0.1) is 0 Å². The Balaban J connectivity index is 1.47. The third kappa shape index (κ3) is 5.64. The second kappa shape index (κ2) is 9.65. The number of carbonyl (C=O) groups is 2. The number of piperidine rings is 1. The molecule has 1 atom stereocenters. The van der Waals surface area contributed by atoms with Crippen molar-refractivity contribution in [3.8, 4) is 5.75 Å². The zero-order valence-electron chi connectivity index (χ0n) is 16.7. The van der Waals surface area contributed by atoms with Crippen molar-refractivity contribution in [2.24, 2.45) is 11.8 Å². The quantitative estimate of drug-likeness (QED) is 0.732. The Kier molecular flexibility index (Phi) is 6.99. The van der Waals surface area contributed by atoms with Gasteiger partial charge in [0.2, 0.25) is 5.91 Å². The van der Waals surface area contributed by atoms with Gasteiger partial charge in [-0.3, -0.25) is 4.79 Å². The van der Waals surface area contributed by atoms with E-state index in [2.05, 4.69) is 10.6 Å². The van der Waals surface area contributed by atoms with Gasteiger partial charge >= 0.3 is 6.03 Å². The van der Waals surface area contributed by atoms with Crippen LogP contribution in [-0.2, 0) is 4.79 Å². The Hall–Kier alpha value is -2.73. The number of nitrogens with one attached hydrogen (secondary N) is 2. The van der Waals surface area contributed by atoms with Gasteiger partial charge in [0.1, 0.15) is 5.75 Å². The molecule has 0 aliphatic carbocycles. The molecule has 29 heavy (non-hydrogen) atoms. The Morgan fingerprint density at radius 1 is 1.00 bits per heavy atom. The molecule has 1 fully saturated rings. The van der Waals surface area contributed by atoms with Gasteiger partial charge in [0.25, 0.3) is 0 Å². The summed E-state index contributed by atoms with van der Waals surface area (Å²) in [7, 11) is 1.61. The number of benzene rings is 2. The predicted molar refractivity (Wildman–Crippen MR) is 116 cm³/mol. The number of halogens is 1. The standard InChI is InChI=1S/C22H26ClN3O3/c1-15(21(27)24-18-7-9-20(29-2)10-8-18)16-11-13-26(14-12-16)22(28)25-19-5-3-17(23)4-6-19/h3-10,15-16H,11-14H2,1-2H3,(H,24,27)(H,25,28)/t15-/m1/s1. The van der Waals surface area contributed by atoms with Crippen LogP contribution in [0.2, 0.25) is 5.02 Å². The number of ether oxygens (including phenoxy) is 1. The maximum atomic E-state index is 12.6. The van der Waals surface area contributed by atoms with Crippen molar-refractivity contribution in [2.75, 3.05) is 30.8 Å². The molecule has 154 valence electrons. The van der Waals surface area contributed by atoms with Crippen molar-refractivity contribution in [1.82, 2.24) is 4.90 Å². The van der Waals surface area contributed by atoms with Crippen molar-refractivity contribution >= 4 is 34.9 Å². The van der Waals surface area contributed by atoms with Gasteiger partial charge in [0.05, 0.1) is 7.11 Å². The molecule has 1 aliphatic heterocycles. The first-order valence-corrected chi connectivity index (χ1v) is 10.1. The highest BCUT2D eigenvalue weighted by Gasteiger charge is 2.30. The molecule has 7 heteroatoms. The maximum Gasteiger partial charge on any atom is 0.321 e. The molecule has 0 radical (unpaired) electrons. The van der Waals surface area contributed by atoms with Gasteiger partial charge in [-0.1, -0.05) is 18.5 Å². The lowest BCUT2D eigenvalue weighted by Gasteiger charge is -2.34. The minimum absolute atomic E-state index is 0.000711. The van der Waals surface area contributed by atoms with Crippen molar-refractivity contribution in [3.63, 3.8) is 0 Å².